The maximum absolute atomic E-state index is 5.45. The number of thiocarbonyl (C=S) groups is 1. The van der Waals surface area contributed by atoms with E-state index in [2.05, 4.69) is 21.8 Å². The van der Waals surface area contributed by atoms with Gasteiger partial charge in [0.25, 0.3) is 0 Å². The Morgan fingerprint density at radius 1 is 1.29 bits per heavy atom. The van der Waals surface area contributed by atoms with Crippen LogP contribution in [0.2, 0.25) is 0 Å². The summed E-state index contributed by atoms with van der Waals surface area (Å²) in [6.45, 7) is 0.202. The van der Waals surface area contributed by atoms with Gasteiger partial charge >= 0.3 is 0 Å². The monoisotopic (exact) mass is 339 g/mol. The van der Waals surface area contributed by atoms with E-state index in [9.17, 15) is 0 Å². The Balaban J connectivity index is 1.94. The van der Waals surface area contributed by atoms with Crippen molar-refractivity contribution in [2.24, 2.45) is 5.10 Å². The minimum Gasteiger partial charge on any atom is -0.497 e. The molecule has 0 aliphatic carbocycles. The number of terminal acetylenes is 1. The van der Waals surface area contributed by atoms with Gasteiger partial charge in [0.15, 0.2) is 5.11 Å². The van der Waals surface area contributed by atoms with Crippen LogP contribution < -0.4 is 20.2 Å². The number of hydrogen-bond donors (Lipinski definition) is 2. The van der Waals surface area contributed by atoms with E-state index in [4.69, 9.17) is 28.1 Å². The molecular weight excluding hydrogens is 322 g/mol. The summed E-state index contributed by atoms with van der Waals surface area (Å²) in [5.41, 5.74) is 4.35. The highest BCUT2D eigenvalue weighted by Gasteiger charge is 2.00. The van der Waals surface area contributed by atoms with Gasteiger partial charge in [0, 0.05) is 17.3 Å². The van der Waals surface area contributed by atoms with E-state index in [1.807, 2.05) is 48.5 Å². The van der Waals surface area contributed by atoms with Crippen LogP contribution in [0.25, 0.3) is 0 Å². The largest absolute Gasteiger partial charge is 0.497 e. The molecule has 2 aromatic rings. The average molecular weight is 339 g/mol. The average Bonchev–Trinajstić information content (AvgIpc) is 2.61. The van der Waals surface area contributed by atoms with Crippen LogP contribution >= 0.6 is 12.2 Å². The molecule has 0 fully saturated rings. The first-order valence-electron chi connectivity index (χ1n) is 7.12. The van der Waals surface area contributed by atoms with Crippen molar-refractivity contribution in [2.75, 3.05) is 19.0 Å². The number of hydrazone groups is 1. The standard InChI is InChI=1S/C18H17N3O2S/c1-3-11-23-17-10-5-4-7-14(17)13-19-21-18(24)20-15-8-6-9-16(12-15)22-2/h1,4-10,12-13H,11H2,2H3,(H2,20,21,24)/b19-13-. The molecule has 0 atom stereocenters. The molecule has 122 valence electrons. The number of methoxy groups -OCH3 is 1. The molecule has 0 unspecified atom stereocenters. The van der Waals surface area contributed by atoms with Crippen LogP contribution in [-0.2, 0) is 0 Å². The zero-order valence-electron chi connectivity index (χ0n) is 13.2. The molecule has 0 heterocycles. The topological polar surface area (TPSA) is 54.9 Å². The molecule has 2 N–H and O–H groups in total. The third-order valence-electron chi connectivity index (χ3n) is 2.93. The molecular formula is C18H17N3O2S. The van der Waals surface area contributed by atoms with Gasteiger partial charge in [-0.1, -0.05) is 24.1 Å². The Morgan fingerprint density at radius 2 is 2.12 bits per heavy atom. The van der Waals surface area contributed by atoms with Crippen LogP contribution in [0.5, 0.6) is 11.5 Å². The van der Waals surface area contributed by atoms with Crippen LogP contribution in [0.1, 0.15) is 5.56 Å². The Kier molecular flexibility index (Phi) is 6.62. The van der Waals surface area contributed by atoms with E-state index in [0.717, 1.165) is 17.0 Å². The summed E-state index contributed by atoms with van der Waals surface area (Å²) in [4.78, 5) is 0. The van der Waals surface area contributed by atoms with E-state index in [-0.39, 0.29) is 6.61 Å². The summed E-state index contributed by atoms with van der Waals surface area (Å²) in [5, 5.41) is 7.49. The van der Waals surface area contributed by atoms with E-state index in [0.29, 0.717) is 10.9 Å². The van der Waals surface area contributed by atoms with Crippen molar-refractivity contribution in [2.45, 2.75) is 0 Å². The lowest BCUT2D eigenvalue weighted by atomic mass is 10.2. The molecule has 5 nitrogen and oxygen atoms in total. The molecule has 2 aromatic carbocycles. The Bertz CT molecular complexity index is 769. The number of benzene rings is 2. The van der Waals surface area contributed by atoms with E-state index in [1.165, 1.54) is 0 Å². The lowest BCUT2D eigenvalue weighted by molar-refractivity contribution is 0.370. The minimum absolute atomic E-state index is 0.202. The highest BCUT2D eigenvalue weighted by atomic mass is 32.1. The van der Waals surface area contributed by atoms with E-state index in [1.54, 1.807) is 13.3 Å². The second-order valence-corrected chi connectivity index (χ2v) is 4.99. The number of anilines is 1. The number of nitrogens with zero attached hydrogens (tertiary/aromatic N) is 1. The molecule has 0 saturated carbocycles. The Hall–Kier alpha value is -3.04. The molecule has 0 saturated heterocycles. The summed E-state index contributed by atoms with van der Waals surface area (Å²) in [6, 6.07) is 14.9. The molecule has 0 radical (unpaired) electrons. The van der Waals surface area contributed by atoms with Crippen molar-refractivity contribution in [3.05, 3.63) is 54.1 Å². The SMILES string of the molecule is C#CCOc1ccccc1/C=N\NC(=S)Nc1cccc(OC)c1. The Morgan fingerprint density at radius 3 is 2.92 bits per heavy atom. The second kappa shape index (κ2) is 9.18. The fourth-order valence-corrected chi connectivity index (χ4v) is 2.03. The second-order valence-electron chi connectivity index (χ2n) is 4.59. The maximum atomic E-state index is 5.45. The highest BCUT2D eigenvalue weighted by Crippen LogP contribution is 2.17. The van der Waals surface area contributed by atoms with Crippen molar-refractivity contribution < 1.29 is 9.47 Å². The number of rotatable bonds is 6. The maximum Gasteiger partial charge on any atom is 0.191 e. The summed E-state index contributed by atoms with van der Waals surface area (Å²) in [6.07, 6.45) is 6.82. The molecule has 24 heavy (non-hydrogen) atoms. The first kappa shape index (κ1) is 17.3. The summed E-state index contributed by atoms with van der Waals surface area (Å²) < 4.78 is 10.6. The van der Waals surface area contributed by atoms with Gasteiger partial charge in [0.1, 0.15) is 18.1 Å². The molecule has 0 bridgehead atoms. The number of nitrogens with one attached hydrogen (secondary N) is 2. The summed E-state index contributed by atoms with van der Waals surface area (Å²) >= 11 is 5.20. The van der Waals surface area contributed by atoms with Gasteiger partial charge in [0.2, 0.25) is 0 Å². The number of hydrogen-bond acceptors (Lipinski definition) is 4. The smallest absolute Gasteiger partial charge is 0.191 e. The Labute approximate surface area is 146 Å². The normalized spacial score (nSPS) is 10.0. The third-order valence-corrected chi connectivity index (χ3v) is 3.12. The van der Waals surface area contributed by atoms with Gasteiger partial charge < -0.3 is 14.8 Å². The van der Waals surface area contributed by atoms with Crippen molar-refractivity contribution in [3.8, 4) is 23.8 Å². The third kappa shape index (κ3) is 5.30. The number of para-hydroxylation sites is 1. The predicted octanol–water partition coefficient (Wildman–Crippen LogP) is 3.03. The van der Waals surface area contributed by atoms with Gasteiger partial charge in [-0.15, -0.1) is 6.42 Å². The quantitative estimate of drug-likeness (QED) is 0.367. The molecule has 0 aliphatic rings. The van der Waals surface area contributed by atoms with Gasteiger partial charge in [-0.3, -0.25) is 5.43 Å². The highest BCUT2D eigenvalue weighted by molar-refractivity contribution is 7.80. The van der Waals surface area contributed by atoms with Crippen molar-refractivity contribution in [1.29, 1.82) is 0 Å². The first-order chi connectivity index (χ1) is 11.7. The van der Waals surface area contributed by atoms with Gasteiger partial charge in [0.05, 0.1) is 13.3 Å². The molecule has 0 aliphatic heterocycles. The summed E-state index contributed by atoms with van der Waals surface area (Å²) in [5.74, 6) is 3.83. The summed E-state index contributed by atoms with van der Waals surface area (Å²) in [7, 11) is 1.61. The van der Waals surface area contributed by atoms with Crippen LogP contribution in [0.15, 0.2) is 53.6 Å². The zero-order chi connectivity index (χ0) is 17.2. The van der Waals surface area contributed by atoms with E-state index < -0.39 is 0 Å². The fraction of sp³-hybridized carbons (Fsp3) is 0.111. The molecule has 0 amide bonds. The van der Waals surface area contributed by atoms with Crippen molar-refractivity contribution in [3.63, 3.8) is 0 Å². The molecule has 0 spiro atoms. The molecule has 2 rings (SSSR count). The van der Waals surface area contributed by atoms with Crippen LogP contribution in [0.4, 0.5) is 5.69 Å². The molecule has 0 aromatic heterocycles. The predicted molar refractivity (Wildman–Crippen MR) is 101 cm³/mol. The van der Waals surface area contributed by atoms with Crippen molar-refractivity contribution >= 4 is 29.2 Å². The lowest BCUT2D eigenvalue weighted by Gasteiger charge is -2.09. The lowest BCUT2D eigenvalue weighted by Crippen LogP contribution is -2.23. The van der Waals surface area contributed by atoms with Gasteiger partial charge in [-0.2, -0.15) is 5.10 Å². The van der Waals surface area contributed by atoms with E-state index >= 15 is 0 Å². The van der Waals surface area contributed by atoms with Crippen LogP contribution in [0.3, 0.4) is 0 Å². The number of ether oxygens (including phenoxy) is 2. The molecule has 6 heteroatoms. The van der Waals surface area contributed by atoms with Gasteiger partial charge in [-0.05, 0) is 36.5 Å². The van der Waals surface area contributed by atoms with Gasteiger partial charge in [-0.25, -0.2) is 0 Å². The minimum atomic E-state index is 0.202. The van der Waals surface area contributed by atoms with Crippen LogP contribution in [-0.4, -0.2) is 25.0 Å². The zero-order valence-corrected chi connectivity index (χ0v) is 14.0. The first-order valence-corrected chi connectivity index (χ1v) is 7.53. The fourth-order valence-electron chi connectivity index (χ4n) is 1.86. The van der Waals surface area contributed by atoms with Crippen LogP contribution in [0, 0.1) is 12.3 Å². The van der Waals surface area contributed by atoms with Crippen molar-refractivity contribution in [1.82, 2.24) is 5.43 Å².